The van der Waals surface area contributed by atoms with Crippen molar-refractivity contribution in [2.24, 2.45) is 12.1 Å². The fourth-order valence-electron chi connectivity index (χ4n) is 4.11. The highest BCUT2D eigenvalue weighted by Gasteiger charge is 2.33. The molecule has 5 rings (SSSR count). The number of hydrogen-bond acceptors (Lipinski definition) is 8. The smallest absolute Gasteiger partial charge is 0.287 e. The van der Waals surface area contributed by atoms with Crippen molar-refractivity contribution in [3.8, 4) is 5.75 Å². The molecule has 1 atom stereocenters. The Bertz CT molecular complexity index is 1490. The second-order valence-electron chi connectivity index (χ2n) is 8.69. The molecule has 0 radical (unpaired) electrons. The number of hydrazone groups is 1. The number of halogens is 1. The third-order valence-corrected chi connectivity index (χ3v) is 7.78. The van der Waals surface area contributed by atoms with Gasteiger partial charge in [-0.15, -0.1) is 10.2 Å². The maximum atomic E-state index is 13.5. The molecular weight excluding hydrogens is 584 g/mol. The molecule has 0 aliphatic carbocycles. The minimum Gasteiger partial charge on any atom is -0.497 e. The van der Waals surface area contributed by atoms with Crippen LogP contribution in [-0.4, -0.2) is 50.2 Å². The van der Waals surface area contributed by atoms with Crippen LogP contribution in [0.4, 0.5) is 0 Å². The van der Waals surface area contributed by atoms with Gasteiger partial charge in [0.05, 0.1) is 37.4 Å². The van der Waals surface area contributed by atoms with Crippen LogP contribution in [0.5, 0.6) is 5.75 Å². The second kappa shape index (κ2) is 11.9. The van der Waals surface area contributed by atoms with E-state index in [9.17, 15) is 9.59 Å². The lowest BCUT2D eigenvalue weighted by atomic mass is 9.98. The van der Waals surface area contributed by atoms with Crippen molar-refractivity contribution in [2.45, 2.75) is 24.2 Å². The molecule has 2 amide bonds. The lowest BCUT2D eigenvalue weighted by Gasteiger charge is -2.22. The fourth-order valence-corrected chi connectivity index (χ4v) is 5.16. The summed E-state index contributed by atoms with van der Waals surface area (Å²) in [7, 11) is 3.41. The van der Waals surface area contributed by atoms with Crippen molar-refractivity contribution >= 4 is 45.2 Å². The van der Waals surface area contributed by atoms with Crippen LogP contribution in [0.3, 0.4) is 0 Å². The van der Waals surface area contributed by atoms with Gasteiger partial charge in [-0.2, -0.15) is 5.10 Å². The van der Waals surface area contributed by atoms with E-state index >= 15 is 0 Å². The Morgan fingerprint density at radius 2 is 1.90 bits per heavy atom. The highest BCUT2D eigenvalue weighted by molar-refractivity contribution is 9.10. The van der Waals surface area contributed by atoms with Gasteiger partial charge < -0.3 is 19.0 Å². The summed E-state index contributed by atoms with van der Waals surface area (Å²) in [5.41, 5.74) is 2.78. The Hall–Kier alpha value is -3.90. The predicted octanol–water partition coefficient (Wildman–Crippen LogP) is 4.58. The number of amides is 2. The van der Waals surface area contributed by atoms with E-state index < -0.39 is 0 Å². The zero-order valence-corrected chi connectivity index (χ0v) is 23.6. The van der Waals surface area contributed by atoms with E-state index in [1.807, 2.05) is 48.5 Å². The number of hydrogen-bond donors (Lipinski definition) is 1. The molecule has 10 nitrogen and oxygen atoms in total. The van der Waals surface area contributed by atoms with Crippen LogP contribution in [0.2, 0.25) is 0 Å². The molecule has 39 heavy (non-hydrogen) atoms. The molecule has 2 aromatic carbocycles. The molecule has 200 valence electrons. The molecule has 12 heteroatoms. The first-order valence-corrected chi connectivity index (χ1v) is 13.8. The van der Waals surface area contributed by atoms with Crippen molar-refractivity contribution in [1.29, 1.82) is 0 Å². The Labute approximate surface area is 237 Å². The number of carbonyl (C=O) groups is 2. The summed E-state index contributed by atoms with van der Waals surface area (Å²) >= 11 is 4.74. The summed E-state index contributed by atoms with van der Waals surface area (Å²) in [6.45, 7) is 0.171. The predicted molar refractivity (Wildman–Crippen MR) is 149 cm³/mol. The minimum atomic E-state index is -0.342. The van der Waals surface area contributed by atoms with Crippen molar-refractivity contribution in [3.05, 3.63) is 94.1 Å². The summed E-state index contributed by atoms with van der Waals surface area (Å²) in [6.07, 6.45) is 2.03. The molecular formula is C27H25BrN6O4S. The molecule has 1 N–H and O–H groups in total. The monoisotopic (exact) mass is 608 g/mol. The molecule has 4 aromatic rings. The first-order valence-electron chi connectivity index (χ1n) is 12.0. The number of nitrogens with zero attached hydrogens (tertiary/aromatic N) is 5. The fraction of sp³-hybridized carbons (Fsp3) is 0.222. The van der Waals surface area contributed by atoms with Crippen molar-refractivity contribution < 1.29 is 18.7 Å². The molecule has 1 unspecified atom stereocenters. The summed E-state index contributed by atoms with van der Waals surface area (Å²) in [5, 5.41) is 18.0. The van der Waals surface area contributed by atoms with Crippen LogP contribution in [0.25, 0.3) is 0 Å². The van der Waals surface area contributed by atoms with Crippen LogP contribution in [-0.2, 0) is 18.4 Å². The van der Waals surface area contributed by atoms with Crippen LogP contribution in [0.15, 0.2) is 86.1 Å². The number of furan rings is 1. The normalized spacial score (nSPS) is 14.8. The van der Waals surface area contributed by atoms with Crippen LogP contribution in [0.1, 0.15) is 40.0 Å². The summed E-state index contributed by atoms with van der Waals surface area (Å²) in [6, 6.07) is 18.6. The average Bonchev–Trinajstić information content (AvgIpc) is 3.72. The van der Waals surface area contributed by atoms with Crippen LogP contribution < -0.4 is 10.1 Å². The number of nitrogens with one attached hydrogen (secondary N) is 1. The maximum Gasteiger partial charge on any atom is 0.287 e. The molecule has 0 bridgehead atoms. The molecule has 0 saturated heterocycles. The van der Waals surface area contributed by atoms with Crippen molar-refractivity contribution in [3.63, 3.8) is 0 Å². The topological polar surface area (TPSA) is 115 Å². The number of rotatable bonds is 9. The summed E-state index contributed by atoms with van der Waals surface area (Å²) in [5.74, 6) is 1.15. The maximum absolute atomic E-state index is 13.5. The lowest BCUT2D eigenvalue weighted by Crippen LogP contribution is -2.28. The molecule has 1 aliphatic heterocycles. The van der Waals surface area contributed by atoms with E-state index in [-0.39, 0.29) is 35.9 Å². The zero-order valence-electron chi connectivity index (χ0n) is 21.2. The third kappa shape index (κ3) is 6.07. The first-order chi connectivity index (χ1) is 18.9. The molecule has 1 aliphatic rings. The number of benzene rings is 2. The SMILES string of the molecule is COc1ccc(C2CC(c3ccc(Br)cc3)=NN2C(=O)CSc2nnc(CNC(=O)c3ccco3)n2C)cc1. The quantitative estimate of drug-likeness (QED) is 0.277. The Morgan fingerprint density at radius 1 is 1.13 bits per heavy atom. The Morgan fingerprint density at radius 3 is 2.59 bits per heavy atom. The number of methoxy groups -OCH3 is 1. The van der Waals surface area contributed by atoms with Gasteiger partial charge in [0, 0.05) is 17.9 Å². The van der Waals surface area contributed by atoms with Crippen LogP contribution >= 0.6 is 27.7 Å². The van der Waals surface area contributed by atoms with Gasteiger partial charge in [0.15, 0.2) is 16.7 Å². The van der Waals surface area contributed by atoms with Crippen molar-refractivity contribution in [2.75, 3.05) is 12.9 Å². The van der Waals surface area contributed by atoms with Crippen molar-refractivity contribution in [1.82, 2.24) is 25.1 Å². The zero-order chi connectivity index (χ0) is 27.4. The van der Waals surface area contributed by atoms with Gasteiger partial charge in [0.1, 0.15) is 5.75 Å². The number of ether oxygens (including phenoxy) is 1. The number of thioether (sulfide) groups is 1. The van der Waals surface area contributed by atoms with E-state index in [0.717, 1.165) is 27.1 Å². The molecule has 0 saturated carbocycles. The van der Waals surface area contributed by atoms with Gasteiger partial charge in [-0.25, -0.2) is 5.01 Å². The van der Waals surface area contributed by atoms with Gasteiger partial charge in [0.2, 0.25) is 0 Å². The second-order valence-corrected chi connectivity index (χ2v) is 10.5. The Kier molecular flexibility index (Phi) is 8.13. The largest absolute Gasteiger partial charge is 0.497 e. The van der Waals surface area contributed by atoms with E-state index in [1.165, 1.54) is 18.0 Å². The summed E-state index contributed by atoms with van der Waals surface area (Å²) < 4.78 is 13.1. The van der Waals surface area contributed by atoms with E-state index in [4.69, 9.17) is 14.3 Å². The molecule has 0 spiro atoms. The van der Waals surface area contributed by atoms with Gasteiger partial charge in [-0.1, -0.05) is 52.0 Å². The Balaban J connectivity index is 1.28. The standard InChI is InChI=1S/C27H25BrN6O4S/c1-33-24(15-29-26(36)23-4-3-13-38-23)30-31-27(33)39-16-25(35)34-22(18-7-11-20(37-2)12-8-18)14-21(32-34)17-5-9-19(28)10-6-17/h3-13,22H,14-16H2,1-2H3,(H,29,36). The van der Waals surface area contributed by atoms with Gasteiger partial charge in [-0.05, 0) is 47.5 Å². The highest BCUT2D eigenvalue weighted by atomic mass is 79.9. The lowest BCUT2D eigenvalue weighted by molar-refractivity contribution is -0.130. The van der Waals surface area contributed by atoms with E-state index in [2.05, 4.69) is 31.4 Å². The number of aromatic nitrogens is 3. The minimum absolute atomic E-state index is 0.120. The molecule has 2 aromatic heterocycles. The number of carbonyl (C=O) groups excluding carboxylic acids is 2. The molecule has 3 heterocycles. The van der Waals surface area contributed by atoms with Gasteiger partial charge in [0.25, 0.3) is 11.8 Å². The third-order valence-electron chi connectivity index (χ3n) is 6.25. The average molecular weight is 610 g/mol. The first kappa shape index (κ1) is 26.7. The van der Waals surface area contributed by atoms with Crippen LogP contribution in [0, 0.1) is 0 Å². The van der Waals surface area contributed by atoms with E-state index in [1.54, 1.807) is 35.9 Å². The van der Waals surface area contributed by atoms with E-state index in [0.29, 0.717) is 17.4 Å². The van der Waals surface area contributed by atoms with Gasteiger partial charge >= 0.3 is 0 Å². The highest BCUT2D eigenvalue weighted by Crippen LogP contribution is 2.34. The molecule has 0 fully saturated rings. The van der Waals surface area contributed by atoms with Gasteiger partial charge in [-0.3, -0.25) is 9.59 Å². The summed E-state index contributed by atoms with van der Waals surface area (Å²) in [4.78, 5) is 25.6.